The predicted molar refractivity (Wildman–Crippen MR) is 162 cm³/mol. The van der Waals surface area contributed by atoms with E-state index in [4.69, 9.17) is 4.98 Å². The Kier molecular flexibility index (Phi) is 8.67. The fourth-order valence-corrected chi connectivity index (χ4v) is 6.04. The molecule has 4 aromatic rings. The number of rotatable bonds is 9. The molecule has 0 saturated carbocycles. The molecule has 0 aliphatic carbocycles. The van der Waals surface area contributed by atoms with Crippen LogP contribution in [0.1, 0.15) is 50.7 Å². The van der Waals surface area contributed by atoms with Gasteiger partial charge in [0.05, 0.1) is 22.7 Å². The summed E-state index contributed by atoms with van der Waals surface area (Å²) in [5.74, 6) is -0.0900. The second-order valence-electron chi connectivity index (χ2n) is 10.1. The zero-order chi connectivity index (χ0) is 27.2. The van der Waals surface area contributed by atoms with E-state index < -0.39 is 5.25 Å². The number of amides is 1. The average molecular weight is 541 g/mol. The number of piperidine rings is 1. The molecule has 0 spiro atoms. The van der Waals surface area contributed by atoms with Gasteiger partial charge in [-0.3, -0.25) is 14.2 Å². The lowest BCUT2D eigenvalue weighted by Gasteiger charge is -2.29. The van der Waals surface area contributed by atoms with Crippen LogP contribution in [0.5, 0.6) is 0 Å². The van der Waals surface area contributed by atoms with Crippen LogP contribution in [-0.2, 0) is 17.8 Å². The van der Waals surface area contributed by atoms with Gasteiger partial charge in [-0.05, 0) is 73.6 Å². The van der Waals surface area contributed by atoms with Crippen molar-refractivity contribution in [1.82, 2.24) is 9.55 Å². The monoisotopic (exact) mass is 540 g/mol. The Morgan fingerprint density at radius 3 is 2.38 bits per heavy atom. The third-order valence-electron chi connectivity index (χ3n) is 7.35. The minimum atomic E-state index is -0.394. The average Bonchev–Trinajstić information content (AvgIpc) is 2.99. The van der Waals surface area contributed by atoms with Crippen LogP contribution < -0.4 is 15.8 Å². The largest absolute Gasteiger partial charge is 0.372 e. The van der Waals surface area contributed by atoms with E-state index in [-0.39, 0.29) is 11.5 Å². The number of carbonyl (C=O) groups is 1. The van der Waals surface area contributed by atoms with E-state index in [0.29, 0.717) is 29.0 Å². The maximum atomic E-state index is 14.0. The summed E-state index contributed by atoms with van der Waals surface area (Å²) >= 11 is 1.36. The van der Waals surface area contributed by atoms with E-state index in [1.165, 1.54) is 36.6 Å². The first kappa shape index (κ1) is 27.0. The Hall–Kier alpha value is -3.58. The molecule has 1 saturated heterocycles. The maximum Gasteiger partial charge on any atom is 0.262 e. The standard InChI is InChI=1S/C32H36N4O2S/c1-3-23-13-15-25(16-14-23)33-30(37)29(4-2)39-32-34-28-18-17-26(35-19-9-6-10-20-35)21-27(28)31(38)36(32)22-24-11-7-5-8-12-24/h5,7-8,11-18,21,29H,3-4,6,9-10,19-20,22H2,1-2H3,(H,33,37)/t29-/m0/s1. The number of hydrogen-bond donors (Lipinski definition) is 1. The van der Waals surface area contributed by atoms with Crippen LogP contribution in [0.15, 0.2) is 82.7 Å². The number of aryl methyl sites for hydroxylation is 1. The summed E-state index contributed by atoms with van der Waals surface area (Å²) in [7, 11) is 0. The molecule has 1 aliphatic rings. The molecule has 1 aliphatic heterocycles. The summed E-state index contributed by atoms with van der Waals surface area (Å²) in [6.45, 7) is 6.52. The Morgan fingerprint density at radius 2 is 1.69 bits per heavy atom. The SMILES string of the molecule is CCc1ccc(NC(=O)[C@H](CC)Sc2nc3ccc(N4CCCCC4)cc3c(=O)n2Cc2ccccc2)cc1. The number of fused-ring (bicyclic) bond motifs is 1. The van der Waals surface area contributed by atoms with Gasteiger partial charge in [-0.25, -0.2) is 4.98 Å². The molecule has 1 fully saturated rings. The van der Waals surface area contributed by atoms with Crippen LogP contribution in [0.3, 0.4) is 0 Å². The smallest absolute Gasteiger partial charge is 0.262 e. The van der Waals surface area contributed by atoms with Crippen molar-refractivity contribution in [2.75, 3.05) is 23.3 Å². The second kappa shape index (κ2) is 12.5. The highest BCUT2D eigenvalue weighted by atomic mass is 32.2. The second-order valence-corrected chi connectivity index (χ2v) is 11.2. The Morgan fingerprint density at radius 1 is 0.949 bits per heavy atom. The number of benzene rings is 3. The van der Waals surface area contributed by atoms with Crippen molar-refractivity contribution in [3.63, 3.8) is 0 Å². The van der Waals surface area contributed by atoms with Crippen molar-refractivity contribution in [2.24, 2.45) is 0 Å². The van der Waals surface area contributed by atoms with E-state index in [2.05, 4.69) is 23.2 Å². The molecule has 39 heavy (non-hydrogen) atoms. The quantitative estimate of drug-likeness (QED) is 0.194. The maximum absolute atomic E-state index is 14.0. The minimum Gasteiger partial charge on any atom is -0.372 e. The first-order valence-electron chi connectivity index (χ1n) is 14.0. The Balaban J connectivity index is 1.48. The topological polar surface area (TPSA) is 67.2 Å². The number of nitrogens with zero attached hydrogens (tertiary/aromatic N) is 3. The van der Waals surface area contributed by atoms with Crippen LogP contribution in [0, 0.1) is 0 Å². The van der Waals surface area contributed by atoms with Crippen molar-refractivity contribution < 1.29 is 4.79 Å². The normalized spacial score (nSPS) is 14.4. The fraction of sp³-hybridized carbons (Fsp3) is 0.344. The summed E-state index contributed by atoms with van der Waals surface area (Å²) in [6.07, 6.45) is 5.16. The van der Waals surface area contributed by atoms with Crippen LogP contribution in [0.25, 0.3) is 10.9 Å². The van der Waals surface area contributed by atoms with Crippen LogP contribution in [0.2, 0.25) is 0 Å². The molecular formula is C32H36N4O2S. The number of hydrogen-bond acceptors (Lipinski definition) is 5. The lowest BCUT2D eigenvalue weighted by molar-refractivity contribution is -0.115. The highest BCUT2D eigenvalue weighted by Gasteiger charge is 2.23. The van der Waals surface area contributed by atoms with Crippen molar-refractivity contribution in [3.8, 4) is 0 Å². The lowest BCUT2D eigenvalue weighted by Crippen LogP contribution is -2.30. The number of thioether (sulfide) groups is 1. The van der Waals surface area contributed by atoms with Gasteiger partial charge in [0.2, 0.25) is 5.91 Å². The minimum absolute atomic E-state index is 0.0735. The molecule has 0 radical (unpaired) electrons. The number of carbonyl (C=O) groups excluding carboxylic acids is 1. The van der Waals surface area contributed by atoms with E-state index in [9.17, 15) is 9.59 Å². The van der Waals surface area contributed by atoms with Crippen LogP contribution in [0.4, 0.5) is 11.4 Å². The fourth-order valence-electron chi connectivity index (χ4n) is 5.03. The van der Waals surface area contributed by atoms with E-state index in [1.54, 1.807) is 4.57 Å². The van der Waals surface area contributed by atoms with E-state index in [0.717, 1.165) is 36.4 Å². The van der Waals surface area contributed by atoms with Gasteiger partial charge in [-0.2, -0.15) is 0 Å². The molecule has 1 atom stereocenters. The van der Waals surface area contributed by atoms with Gasteiger partial charge in [-0.15, -0.1) is 0 Å². The highest BCUT2D eigenvalue weighted by Crippen LogP contribution is 2.28. The van der Waals surface area contributed by atoms with Crippen molar-refractivity contribution in [2.45, 2.75) is 62.9 Å². The molecule has 1 N–H and O–H groups in total. The van der Waals surface area contributed by atoms with Gasteiger partial charge < -0.3 is 10.2 Å². The Bertz CT molecular complexity index is 1480. The molecule has 2 heterocycles. The summed E-state index contributed by atoms with van der Waals surface area (Å²) < 4.78 is 1.73. The molecule has 0 unspecified atom stereocenters. The molecule has 5 rings (SSSR count). The number of nitrogens with one attached hydrogen (secondary N) is 1. The van der Waals surface area contributed by atoms with Crippen molar-refractivity contribution >= 4 is 39.9 Å². The van der Waals surface area contributed by atoms with Gasteiger partial charge in [0, 0.05) is 24.5 Å². The molecule has 0 bridgehead atoms. The molecule has 7 heteroatoms. The third kappa shape index (κ3) is 6.36. The van der Waals surface area contributed by atoms with Crippen LogP contribution in [-0.4, -0.2) is 33.8 Å². The van der Waals surface area contributed by atoms with Gasteiger partial charge in [0.25, 0.3) is 5.56 Å². The van der Waals surface area contributed by atoms with Gasteiger partial charge in [-0.1, -0.05) is 68.1 Å². The highest BCUT2D eigenvalue weighted by molar-refractivity contribution is 8.00. The summed E-state index contributed by atoms with van der Waals surface area (Å²) in [5.41, 5.74) is 4.68. The molecular weight excluding hydrogens is 504 g/mol. The van der Waals surface area contributed by atoms with Crippen LogP contribution >= 0.6 is 11.8 Å². The molecule has 3 aromatic carbocycles. The molecule has 202 valence electrons. The number of anilines is 2. The predicted octanol–water partition coefficient (Wildman–Crippen LogP) is 6.51. The summed E-state index contributed by atoms with van der Waals surface area (Å²) in [6, 6.07) is 23.9. The third-order valence-corrected chi connectivity index (χ3v) is 8.70. The van der Waals surface area contributed by atoms with Gasteiger partial charge in [0.15, 0.2) is 5.16 Å². The van der Waals surface area contributed by atoms with Gasteiger partial charge in [0.1, 0.15) is 0 Å². The van der Waals surface area contributed by atoms with Crippen molar-refractivity contribution in [1.29, 1.82) is 0 Å². The summed E-state index contributed by atoms with van der Waals surface area (Å²) in [4.78, 5) is 34.6. The lowest BCUT2D eigenvalue weighted by atomic mass is 10.1. The molecule has 1 aromatic heterocycles. The zero-order valence-corrected chi connectivity index (χ0v) is 23.5. The van der Waals surface area contributed by atoms with Gasteiger partial charge >= 0.3 is 0 Å². The summed E-state index contributed by atoms with van der Waals surface area (Å²) in [5, 5.41) is 3.83. The zero-order valence-electron chi connectivity index (χ0n) is 22.7. The van der Waals surface area contributed by atoms with E-state index in [1.807, 2.05) is 73.7 Å². The molecule has 6 nitrogen and oxygen atoms in total. The van der Waals surface area contributed by atoms with E-state index >= 15 is 0 Å². The Labute approximate surface area is 234 Å². The molecule has 1 amide bonds. The first-order chi connectivity index (χ1) is 19.1. The number of aromatic nitrogens is 2. The first-order valence-corrected chi connectivity index (χ1v) is 14.8. The van der Waals surface area contributed by atoms with Crippen molar-refractivity contribution in [3.05, 3.63) is 94.3 Å².